The van der Waals surface area contributed by atoms with Crippen LogP contribution in [0.1, 0.15) is 11.5 Å². The molecule has 1 fully saturated rings. The lowest BCUT2D eigenvalue weighted by Gasteiger charge is -2.55. The van der Waals surface area contributed by atoms with Crippen molar-refractivity contribution >= 4 is 31.6 Å². The fourth-order valence-corrected chi connectivity index (χ4v) is 5.42. The van der Waals surface area contributed by atoms with Gasteiger partial charge in [-0.25, -0.2) is 13.1 Å². The molecule has 0 spiro atoms. The van der Waals surface area contributed by atoms with Crippen LogP contribution in [0.5, 0.6) is 0 Å². The first kappa shape index (κ1) is 22.6. The van der Waals surface area contributed by atoms with Crippen LogP contribution in [0.15, 0.2) is 70.6 Å². The summed E-state index contributed by atoms with van der Waals surface area (Å²) in [4.78, 5) is 12.1. The Morgan fingerprint density at radius 1 is 1.20 bits per heavy atom. The van der Waals surface area contributed by atoms with Crippen LogP contribution in [0, 0.1) is 10.1 Å². The van der Waals surface area contributed by atoms with Crippen LogP contribution in [0.25, 0.3) is 0 Å². The van der Waals surface area contributed by atoms with E-state index in [0.717, 1.165) is 16.1 Å². The van der Waals surface area contributed by atoms with Crippen LogP contribution in [-0.4, -0.2) is 55.1 Å². The highest BCUT2D eigenvalue weighted by atomic mass is 79.9. The first-order chi connectivity index (χ1) is 14.3. The summed E-state index contributed by atoms with van der Waals surface area (Å²) in [6, 6.07) is 12.5. The van der Waals surface area contributed by atoms with Crippen LogP contribution >= 0.6 is 15.9 Å². The predicted molar refractivity (Wildman–Crippen MR) is 117 cm³/mol. The highest BCUT2D eigenvalue weighted by Gasteiger charge is 2.48. The van der Waals surface area contributed by atoms with Gasteiger partial charge in [0.05, 0.1) is 11.5 Å². The number of aliphatic hydroxyl groups excluding tert-OH is 1. The van der Waals surface area contributed by atoms with E-state index in [2.05, 4.69) is 27.2 Å². The molecule has 3 rings (SSSR count). The molecule has 1 saturated heterocycles. The number of hydrogen-bond donors (Lipinski definition) is 2. The van der Waals surface area contributed by atoms with Crippen molar-refractivity contribution in [2.75, 3.05) is 19.7 Å². The minimum Gasteiger partial charge on any atom is -0.395 e. The minimum atomic E-state index is -4.10. The summed E-state index contributed by atoms with van der Waals surface area (Å²) in [6.45, 7) is 4.18. The van der Waals surface area contributed by atoms with Crippen LogP contribution < -0.4 is 4.72 Å². The molecule has 0 aromatic heterocycles. The van der Waals surface area contributed by atoms with Crippen molar-refractivity contribution in [3.05, 3.63) is 81.3 Å². The maximum Gasteiger partial charge on any atom is 0.289 e. The van der Waals surface area contributed by atoms with Crippen LogP contribution in [0.4, 0.5) is 5.69 Å². The highest BCUT2D eigenvalue weighted by Crippen LogP contribution is 2.40. The Labute approximate surface area is 183 Å². The van der Waals surface area contributed by atoms with Gasteiger partial charge in [0.1, 0.15) is 0 Å². The van der Waals surface area contributed by atoms with Crippen molar-refractivity contribution < 1.29 is 18.4 Å². The summed E-state index contributed by atoms with van der Waals surface area (Å²) in [5.74, 6) is -0.100. The molecule has 1 aliphatic rings. The average Bonchev–Trinajstić information content (AvgIpc) is 2.72. The zero-order chi connectivity index (χ0) is 21.9. The fourth-order valence-electron chi connectivity index (χ4n) is 3.93. The predicted octanol–water partition coefficient (Wildman–Crippen LogP) is 2.65. The molecule has 2 aromatic carbocycles. The third-order valence-corrected chi connectivity index (χ3v) is 7.30. The summed E-state index contributed by atoms with van der Waals surface area (Å²) in [7, 11) is -4.10. The normalized spacial score (nSPS) is 21.7. The lowest BCUT2D eigenvalue weighted by Crippen LogP contribution is -2.66. The number of nitro groups is 1. The van der Waals surface area contributed by atoms with Gasteiger partial charge in [-0.3, -0.25) is 15.0 Å². The number of aliphatic hydroxyl groups is 1. The molecular weight excluding hydrogens is 474 g/mol. The van der Waals surface area contributed by atoms with E-state index in [1.807, 2.05) is 29.2 Å². The van der Waals surface area contributed by atoms with Gasteiger partial charge in [-0.15, -0.1) is 6.58 Å². The lowest BCUT2D eigenvalue weighted by atomic mass is 9.75. The monoisotopic (exact) mass is 495 g/mol. The van der Waals surface area contributed by atoms with Crippen molar-refractivity contribution in [3.63, 3.8) is 0 Å². The second-order valence-corrected chi connectivity index (χ2v) is 9.61. The Kier molecular flexibility index (Phi) is 7.04. The van der Waals surface area contributed by atoms with Gasteiger partial charge in [0, 0.05) is 41.6 Å². The van der Waals surface area contributed by atoms with E-state index < -0.39 is 20.6 Å². The highest BCUT2D eigenvalue weighted by molar-refractivity contribution is 9.10. The number of sulfonamides is 1. The quantitative estimate of drug-likeness (QED) is 0.314. The molecule has 0 radical (unpaired) electrons. The fraction of sp³-hybridized carbons (Fsp3) is 0.300. The van der Waals surface area contributed by atoms with Gasteiger partial charge in [0.25, 0.3) is 5.69 Å². The number of benzene rings is 2. The van der Waals surface area contributed by atoms with E-state index in [1.54, 1.807) is 6.08 Å². The molecule has 10 heteroatoms. The third kappa shape index (κ3) is 4.47. The Bertz CT molecular complexity index is 1030. The van der Waals surface area contributed by atoms with Crippen LogP contribution in [0.2, 0.25) is 0 Å². The first-order valence-electron chi connectivity index (χ1n) is 9.26. The van der Waals surface area contributed by atoms with Crippen molar-refractivity contribution in [1.29, 1.82) is 0 Å². The molecule has 1 aliphatic heterocycles. The van der Waals surface area contributed by atoms with Crippen molar-refractivity contribution in [3.8, 4) is 0 Å². The smallest absolute Gasteiger partial charge is 0.289 e. The zero-order valence-corrected chi connectivity index (χ0v) is 18.4. The second kappa shape index (κ2) is 9.36. The van der Waals surface area contributed by atoms with E-state index in [9.17, 15) is 23.6 Å². The summed E-state index contributed by atoms with van der Waals surface area (Å²) in [5, 5.41) is 21.1. The molecule has 3 atom stereocenters. The summed E-state index contributed by atoms with van der Waals surface area (Å²) in [6.07, 6.45) is 1.70. The van der Waals surface area contributed by atoms with Gasteiger partial charge in [-0.1, -0.05) is 46.3 Å². The van der Waals surface area contributed by atoms with E-state index in [-0.39, 0.29) is 36.0 Å². The van der Waals surface area contributed by atoms with Gasteiger partial charge in [0.2, 0.25) is 10.0 Å². The maximum atomic E-state index is 12.8. The van der Waals surface area contributed by atoms with Gasteiger partial charge in [-0.05, 0) is 23.8 Å². The number of rotatable bonds is 9. The molecule has 0 amide bonds. The van der Waals surface area contributed by atoms with E-state index in [0.29, 0.717) is 6.54 Å². The zero-order valence-electron chi connectivity index (χ0n) is 16.0. The molecular formula is C20H22BrN3O5S. The standard InChI is InChI=1S/C20H22BrN3O5S/c1-2-11-23-17(20(18(23)13-25)14-7-9-15(21)10-8-14)12-22-30(28,29)19-6-4-3-5-16(19)24(26)27/h2-10,17-18,20,22,25H,1,11-13H2/t17-,18+,20+/m1/s1. The van der Waals surface area contributed by atoms with Crippen molar-refractivity contribution in [2.45, 2.75) is 22.9 Å². The second-order valence-electron chi connectivity index (χ2n) is 6.96. The van der Waals surface area contributed by atoms with Gasteiger partial charge in [0.15, 0.2) is 4.90 Å². The lowest BCUT2D eigenvalue weighted by molar-refractivity contribution is -0.387. The maximum absolute atomic E-state index is 12.8. The third-order valence-electron chi connectivity index (χ3n) is 5.30. The summed E-state index contributed by atoms with van der Waals surface area (Å²) in [5.41, 5.74) is 0.506. The number of nitrogens with one attached hydrogen (secondary N) is 1. The number of halogens is 1. The molecule has 0 bridgehead atoms. The first-order valence-corrected chi connectivity index (χ1v) is 11.5. The number of para-hydroxylation sites is 1. The van der Waals surface area contributed by atoms with Gasteiger partial charge < -0.3 is 5.11 Å². The van der Waals surface area contributed by atoms with Crippen LogP contribution in [0.3, 0.4) is 0 Å². The minimum absolute atomic E-state index is 0.0411. The molecule has 0 aliphatic carbocycles. The largest absolute Gasteiger partial charge is 0.395 e. The number of nitrogens with zero attached hydrogens (tertiary/aromatic N) is 2. The van der Waals surface area contributed by atoms with Crippen molar-refractivity contribution in [2.24, 2.45) is 0 Å². The SMILES string of the molecule is C=CCN1[C@H](CNS(=O)(=O)c2ccccc2[N+](=O)[O-])[C@H](c2ccc(Br)cc2)[C@@H]1CO. The topological polar surface area (TPSA) is 113 Å². The average molecular weight is 496 g/mol. The number of nitro benzene ring substituents is 1. The molecule has 0 unspecified atom stereocenters. The molecule has 8 nitrogen and oxygen atoms in total. The molecule has 0 saturated carbocycles. The van der Waals surface area contributed by atoms with Crippen molar-refractivity contribution in [1.82, 2.24) is 9.62 Å². The number of likely N-dealkylation sites (tertiary alicyclic amines) is 1. The Morgan fingerprint density at radius 3 is 2.47 bits per heavy atom. The van der Waals surface area contributed by atoms with E-state index >= 15 is 0 Å². The van der Waals surface area contributed by atoms with E-state index in [4.69, 9.17) is 0 Å². The molecule has 1 heterocycles. The summed E-state index contributed by atoms with van der Waals surface area (Å²) < 4.78 is 29.0. The molecule has 2 aromatic rings. The molecule has 30 heavy (non-hydrogen) atoms. The Hall–Kier alpha value is -2.11. The summed E-state index contributed by atoms with van der Waals surface area (Å²) >= 11 is 3.40. The molecule has 2 N–H and O–H groups in total. The van der Waals surface area contributed by atoms with Gasteiger partial charge in [-0.2, -0.15) is 0 Å². The Balaban J connectivity index is 1.86. The number of hydrogen-bond acceptors (Lipinski definition) is 6. The van der Waals surface area contributed by atoms with Crippen LogP contribution in [-0.2, 0) is 10.0 Å². The molecule has 160 valence electrons. The van der Waals surface area contributed by atoms with Gasteiger partial charge >= 0.3 is 0 Å². The Morgan fingerprint density at radius 2 is 1.87 bits per heavy atom. The van der Waals surface area contributed by atoms with E-state index in [1.165, 1.54) is 18.2 Å².